The molecule has 0 bridgehead atoms. The van der Waals surface area contributed by atoms with Gasteiger partial charge in [-0.15, -0.1) is 0 Å². The van der Waals surface area contributed by atoms with Crippen molar-refractivity contribution in [2.45, 2.75) is 0 Å². The van der Waals surface area contributed by atoms with Crippen LogP contribution >= 0.6 is 11.7 Å². The summed E-state index contributed by atoms with van der Waals surface area (Å²) in [6.07, 6.45) is 0. The second kappa shape index (κ2) is 2.73. The van der Waals surface area contributed by atoms with Crippen molar-refractivity contribution in [1.82, 2.24) is 19.1 Å². The summed E-state index contributed by atoms with van der Waals surface area (Å²) in [5.74, 6) is 0. The molecule has 6 heteroatoms. The molecule has 0 spiro atoms. The lowest BCUT2D eigenvalue weighted by atomic mass is 10.1. The van der Waals surface area contributed by atoms with E-state index in [1.165, 1.54) is 11.7 Å². The summed E-state index contributed by atoms with van der Waals surface area (Å²) in [6, 6.07) is 7.78. The van der Waals surface area contributed by atoms with E-state index in [2.05, 4.69) is 19.1 Å². The van der Waals surface area contributed by atoms with Crippen LogP contribution in [0.15, 0.2) is 28.9 Å². The first-order valence-electron chi connectivity index (χ1n) is 4.70. The first kappa shape index (κ1) is 8.12. The third-order valence-electron chi connectivity index (χ3n) is 2.64. The van der Waals surface area contributed by atoms with Crippen molar-refractivity contribution in [2.24, 2.45) is 0 Å². The molecule has 0 aliphatic carbocycles. The van der Waals surface area contributed by atoms with Crippen molar-refractivity contribution in [3.8, 4) is 0 Å². The summed E-state index contributed by atoms with van der Waals surface area (Å²) in [5, 5.41) is 9.76. The Morgan fingerprint density at radius 2 is 1.62 bits per heavy atom. The molecule has 76 valence electrons. The molecule has 0 N–H and O–H groups in total. The fourth-order valence-electron chi connectivity index (χ4n) is 1.90. The summed E-state index contributed by atoms with van der Waals surface area (Å²) in [4.78, 5) is 0. The highest BCUT2D eigenvalue weighted by Crippen LogP contribution is 2.28. The van der Waals surface area contributed by atoms with E-state index in [1.54, 1.807) is 0 Å². The maximum absolute atomic E-state index is 4.73. The summed E-state index contributed by atoms with van der Waals surface area (Å²) in [6.45, 7) is 0. The van der Waals surface area contributed by atoms with Crippen LogP contribution in [-0.4, -0.2) is 19.1 Å². The fourth-order valence-corrected chi connectivity index (χ4v) is 2.45. The molecule has 0 fully saturated rings. The topological polar surface area (TPSA) is 64.7 Å². The number of aromatic nitrogens is 4. The van der Waals surface area contributed by atoms with E-state index in [-0.39, 0.29) is 0 Å². The highest BCUT2D eigenvalue weighted by Gasteiger charge is 2.09. The van der Waals surface area contributed by atoms with Gasteiger partial charge in [0.2, 0.25) is 0 Å². The minimum Gasteiger partial charge on any atom is -0.243 e. The molecular weight excluding hydrogens is 224 g/mol. The lowest BCUT2D eigenvalue weighted by Crippen LogP contribution is -1.78. The molecule has 16 heavy (non-hydrogen) atoms. The lowest BCUT2D eigenvalue weighted by Gasteiger charge is -1.96. The van der Waals surface area contributed by atoms with Gasteiger partial charge in [-0.1, -0.05) is 0 Å². The van der Waals surface area contributed by atoms with Crippen molar-refractivity contribution >= 4 is 44.6 Å². The van der Waals surface area contributed by atoms with Crippen LogP contribution in [0.25, 0.3) is 32.8 Å². The molecule has 0 aliphatic rings. The van der Waals surface area contributed by atoms with Gasteiger partial charge < -0.3 is 0 Å². The van der Waals surface area contributed by atoms with Gasteiger partial charge >= 0.3 is 0 Å². The summed E-state index contributed by atoms with van der Waals surface area (Å²) < 4.78 is 13.2. The van der Waals surface area contributed by atoms with Gasteiger partial charge in [-0.2, -0.15) is 8.75 Å². The molecule has 0 aliphatic heterocycles. The van der Waals surface area contributed by atoms with Gasteiger partial charge in [0.05, 0.1) is 11.7 Å². The number of hydrogen-bond donors (Lipinski definition) is 0. The van der Waals surface area contributed by atoms with Crippen LogP contribution in [0.2, 0.25) is 0 Å². The Hall–Kier alpha value is -2.08. The van der Waals surface area contributed by atoms with Crippen LogP contribution < -0.4 is 0 Å². The predicted molar refractivity (Wildman–Crippen MR) is 60.3 cm³/mol. The average molecular weight is 228 g/mol. The van der Waals surface area contributed by atoms with E-state index in [0.717, 1.165) is 32.8 Å². The zero-order chi connectivity index (χ0) is 10.5. The van der Waals surface area contributed by atoms with Crippen molar-refractivity contribution < 1.29 is 4.63 Å². The maximum atomic E-state index is 4.73. The smallest absolute Gasteiger partial charge is 0.143 e. The molecule has 2 aromatic heterocycles. The van der Waals surface area contributed by atoms with Gasteiger partial charge in [0.1, 0.15) is 22.1 Å². The second-order valence-corrected chi connectivity index (χ2v) is 4.02. The maximum Gasteiger partial charge on any atom is 0.143 e. The Balaban J connectivity index is 2.38. The van der Waals surface area contributed by atoms with Crippen LogP contribution in [0.5, 0.6) is 0 Å². The zero-order valence-electron chi connectivity index (χ0n) is 7.91. The minimum atomic E-state index is 0.759. The summed E-state index contributed by atoms with van der Waals surface area (Å²) >= 11 is 1.22. The molecule has 0 saturated carbocycles. The van der Waals surface area contributed by atoms with E-state index >= 15 is 0 Å². The molecule has 2 heterocycles. The van der Waals surface area contributed by atoms with Crippen molar-refractivity contribution in [1.29, 1.82) is 0 Å². The van der Waals surface area contributed by atoms with Gasteiger partial charge in [-0.05, 0) is 34.6 Å². The van der Waals surface area contributed by atoms with Gasteiger partial charge in [-0.3, -0.25) is 0 Å². The molecule has 0 atom stereocenters. The molecule has 5 nitrogen and oxygen atoms in total. The average Bonchev–Trinajstić information content (AvgIpc) is 2.96. The Kier molecular flexibility index (Phi) is 1.39. The third kappa shape index (κ3) is 0.892. The summed E-state index contributed by atoms with van der Waals surface area (Å²) in [5.41, 5.74) is 3.35. The standard InChI is InChI=1S/C10H4N4OS/c1-3-7-9(12-15-11-7)5-2-4-8-10(6(1)5)14-16-13-8/h1-4H. The third-order valence-corrected chi connectivity index (χ3v) is 3.19. The molecule has 2 aromatic carbocycles. The number of fused-ring (bicyclic) bond motifs is 5. The number of rotatable bonds is 0. The van der Waals surface area contributed by atoms with Gasteiger partial charge in [0.25, 0.3) is 0 Å². The first-order valence-corrected chi connectivity index (χ1v) is 5.43. The van der Waals surface area contributed by atoms with Crippen LogP contribution in [0.4, 0.5) is 0 Å². The SMILES string of the molecule is c1cc2c(ccc3nsnc32)c2nonc12. The van der Waals surface area contributed by atoms with Crippen molar-refractivity contribution in [2.75, 3.05) is 0 Å². The van der Waals surface area contributed by atoms with Gasteiger partial charge in [0.15, 0.2) is 0 Å². The Morgan fingerprint density at radius 3 is 2.56 bits per heavy atom. The molecule has 4 rings (SSSR count). The van der Waals surface area contributed by atoms with Gasteiger partial charge in [-0.25, -0.2) is 4.63 Å². The highest BCUT2D eigenvalue weighted by atomic mass is 32.1. The lowest BCUT2D eigenvalue weighted by molar-refractivity contribution is 0.316. The number of hydrogen-bond acceptors (Lipinski definition) is 6. The van der Waals surface area contributed by atoms with Crippen LogP contribution in [0.3, 0.4) is 0 Å². The first-order chi connectivity index (χ1) is 7.93. The molecular formula is C10H4N4OS. The predicted octanol–water partition coefficient (Wildman–Crippen LogP) is 2.38. The van der Waals surface area contributed by atoms with Crippen LogP contribution in [0, 0.1) is 0 Å². The van der Waals surface area contributed by atoms with Crippen molar-refractivity contribution in [3.05, 3.63) is 24.3 Å². The Morgan fingerprint density at radius 1 is 0.812 bits per heavy atom. The normalized spacial score (nSPS) is 11.8. The number of benzene rings is 2. The number of nitrogens with zero attached hydrogens (tertiary/aromatic N) is 4. The van der Waals surface area contributed by atoms with E-state index in [1.807, 2.05) is 24.3 Å². The monoisotopic (exact) mass is 228 g/mol. The molecule has 0 radical (unpaired) electrons. The largest absolute Gasteiger partial charge is 0.243 e. The highest BCUT2D eigenvalue weighted by molar-refractivity contribution is 7.00. The van der Waals surface area contributed by atoms with Crippen LogP contribution in [-0.2, 0) is 0 Å². The van der Waals surface area contributed by atoms with E-state index in [9.17, 15) is 0 Å². The van der Waals surface area contributed by atoms with E-state index < -0.39 is 0 Å². The molecule has 0 saturated heterocycles. The van der Waals surface area contributed by atoms with Gasteiger partial charge in [0, 0.05) is 10.8 Å². The molecule has 0 unspecified atom stereocenters. The Bertz CT molecular complexity index is 749. The quantitative estimate of drug-likeness (QED) is 0.462. The fraction of sp³-hybridized carbons (Fsp3) is 0. The second-order valence-electron chi connectivity index (χ2n) is 3.49. The van der Waals surface area contributed by atoms with E-state index in [0.29, 0.717) is 0 Å². The Labute approximate surface area is 93.0 Å². The zero-order valence-corrected chi connectivity index (χ0v) is 8.73. The molecule has 0 amide bonds. The van der Waals surface area contributed by atoms with Crippen molar-refractivity contribution in [3.63, 3.8) is 0 Å². The van der Waals surface area contributed by atoms with Crippen LogP contribution in [0.1, 0.15) is 0 Å². The van der Waals surface area contributed by atoms with E-state index in [4.69, 9.17) is 4.63 Å². The molecule has 4 aromatic rings. The minimum absolute atomic E-state index is 0.759. The summed E-state index contributed by atoms with van der Waals surface area (Å²) in [7, 11) is 0.